The molecule has 0 saturated carbocycles. The summed E-state index contributed by atoms with van der Waals surface area (Å²) in [5.74, 6) is 1.22. The van der Waals surface area contributed by atoms with Crippen molar-refractivity contribution in [1.82, 2.24) is 14.5 Å². The van der Waals surface area contributed by atoms with Gasteiger partial charge >= 0.3 is 0 Å². The predicted octanol–water partition coefficient (Wildman–Crippen LogP) is 12.9. The molecular formula is C47H33N3S. The fourth-order valence-corrected chi connectivity index (χ4v) is 8.85. The maximum absolute atomic E-state index is 5.33. The van der Waals surface area contributed by atoms with Gasteiger partial charge in [-0.15, -0.1) is 11.3 Å². The molecule has 0 saturated heterocycles. The van der Waals surface area contributed by atoms with Gasteiger partial charge < -0.3 is 4.57 Å². The molecule has 1 atom stereocenters. The Morgan fingerprint density at radius 3 is 2.24 bits per heavy atom. The average Bonchev–Trinajstić information content (AvgIpc) is 3.74. The number of para-hydroxylation sites is 2. The minimum absolute atomic E-state index is 0.469. The van der Waals surface area contributed by atoms with E-state index in [1.165, 1.54) is 54.2 Å². The fourth-order valence-electron chi connectivity index (χ4n) is 7.70. The van der Waals surface area contributed by atoms with Crippen molar-refractivity contribution in [3.05, 3.63) is 170 Å². The highest BCUT2D eigenvalue weighted by Crippen LogP contribution is 2.42. The topological polar surface area (TPSA) is 30.7 Å². The van der Waals surface area contributed by atoms with Gasteiger partial charge in [-0.25, -0.2) is 9.97 Å². The Bertz CT molecular complexity index is 2840. The van der Waals surface area contributed by atoms with Crippen molar-refractivity contribution in [1.29, 1.82) is 0 Å². The molecule has 1 unspecified atom stereocenters. The molecule has 10 rings (SSSR count). The number of thiophene rings is 1. The number of hydrogen-bond donors (Lipinski definition) is 0. The lowest BCUT2D eigenvalue weighted by atomic mass is 9.95. The van der Waals surface area contributed by atoms with Crippen molar-refractivity contribution < 1.29 is 0 Å². The molecule has 0 spiro atoms. The molecule has 0 N–H and O–H groups in total. The van der Waals surface area contributed by atoms with Crippen LogP contribution < -0.4 is 0 Å². The van der Waals surface area contributed by atoms with Crippen LogP contribution in [0.2, 0.25) is 0 Å². The summed E-state index contributed by atoms with van der Waals surface area (Å²) in [6.07, 6.45) is 7.92. The first-order valence-corrected chi connectivity index (χ1v) is 18.4. The number of rotatable bonds is 5. The van der Waals surface area contributed by atoms with Gasteiger partial charge in [0.15, 0.2) is 5.82 Å². The largest absolute Gasteiger partial charge is 0.309 e. The van der Waals surface area contributed by atoms with Crippen molar-refractivity contribution in [2.24, 2.45) is 5.92 Å². The first kappa shape index (κ1) is 29.8. The van der Waals surface area contributed by atoms with Crippen LogP contribution in [0.25, 0.3) is 87.0 Å². The highest BCUT2D eigenvalue weighted by atomic mass is 32.1. The molecule has 3 aromatic heterocycles. The van der Waals surface area contributed by atoms with Gasteiger partial charge in [-0.2, -0.15) is 0 Å². The number of allylic oxidation sites excluding steroid dienone is 4. The minimum Gasteiger partial charge on any atom is -0.309 e. The molecule has 0 fully saturated rings. The van der Waals surface area contributed by atoms with Gasteiger partial charge in [0.2, 0.25) is 0 Å². The number of benzene rings is 6. The van der Waals surface area contributed by atoms with Crippen LogP contribution in [0.4, 0.5) is 0 Å². The van der Waals surface area contributed by atoms with Crippen LogP contribution in [0.1, 0.15) is 19.0 Å². The van der Waals surface area contributed by atoms with Gasteiger partial charge in [0.1, 0.15) is 0 Å². The zero-order valence-corrected chi connectivity index (χ0v) is 28.9. The lowest BCUT2D eigenvalue weighted by molar-refractivity contribution is 0.739. The molecule has 1 aliphatic rings. The van der Waals surface area contributed by atoms with Crippen LogP contribution in [-0.2, 0) is 0 Å². The van der Waals surface area contributed by atoms with Gasteiger partial charge in [0.05, 0.1) is 26.9 Å². The van der Waals surface area contributed by atoms with Crippen LogP contribution in [0, 0.1) is 5.92 Å². The van der Waals surface area contributed by atoms with Crippen molar-refractivity contribution in [3.63, 3.8) is 0 Å². The van der Waals surface area contributed by atoms with Crippen LogP contribution >= 0.6 is 11.3 Å². The lowest BCUT2D eigenvalue weighted by Gasteiger charge is -2.14. The van der Waals surface area contributed by atoms with Gasteiger partial charge in [-0.1, -0.05) is 134 Å². The third-order valence-electron chi connectivity index (χ3n) is 10.1. The van der Waals surface area contributed by atoms with E-state index in [4.69, 9.17) is 9.97 Å². The second-order valence-corrected chi connectivity index (χ2v) is 14.5. The number of nitrogens with zero attached hydrogens (tertiary/aromatic N) is 3. The Kier molecular flexibility index (Phi) is 7.03. The summed E-state index contributed by atoms with van der Waals surface area (Å²) in [5.41, 5.74) is 12.5. The number of hydrogen-bond acceptors (Lipinski definition) is 3. The van der Waals surface area contributed by atoms with Gasteiger partial charge in [-0.05, 0) is 71.0 Å². The summed E-state index contributed by atoms with van der Waals surface area (Å²) in [5, 5.41) is 3.64. The maximum Gasteiger partial charge on any atom is 0.160 e. The van der Waals surface area contributed by atoms with Crippen LogP contribution in [0.5, 0.6) is 0 Å². The number of aromatic nitrogens is 3. The van der Waals surface area contributed by atoms with Gasteiger partial charge in [0.25, 0.3) is 0 Å². The standard InChI is InChI=1S/C47H33N3S/c1-30-13-10-17-34(27-30)43-46-44(39-21-8-9-24-42(39)51-46)49-47(48-43)35-18-11-16-33(28-35)37-22-12-23-38-40-29-32(31-14-4-2-5-15-31)25-26-41(40)50(45(37)38)36-19-6-3-7-20-36/h2-12,14-30H,13H2,1H3. The van der Waals surface area contributed by atoms with E-state index in [2.05, 4.69) is 175 Å². The first-order valence-electron chi connectivity index (χ1n) is 17.6. The smallest absolute Gasteiger partial charge is 0.160 e. The quantitative estimate of drug-likeness (QED) is 0.182. The van der Waals surface area contributed by atoms with E-state index in [0.29, 0.717) is 5.92 Å². The van der Waals surface area contributed by atoms with Crippen LogP contribution in [0.15, 0.2) is 164 Å². The first-order chi connectivity index (χ1) is 25.2. The molecule has 0 amide bonds. The molecule has 242 valence electrons. The summed E-state index contributed by atoms with van der Waals surface area (Å²) in [6.45, 7) is 2.27. The predicted molar refractivity (Wildman–Crippen MR) is 216 cm³/mol. The molecular weight excluding hydrogens is 639 g/mol. The Hall–Kier alpha value is -6.10. The molecule has 1 aliphatic carbocycles. The maximum atomic E-state index is 5.33. The monoisotopic (exact) mass is 671 g/mol. The highest BCUT2D eigenvalue weighted by Gasteiger charge is 2.21. The third kappa shape index (κ3) is 5.02. The Balaban J connectivity index is 1.20. The van der Waals surface area contributed by atoms with E-state index in [1.54, 1.807) is 11.3 Å². The lowest BCUT2D eigenvalue weighted by Crippen LogP contribution is -2.00. The Morgan fingerprint density at radius 2 is 1.37 bits per heavy atom. The number of fused-ring (bicyclic) bond motifs is 6. The minimum atomic E-state index is 0.469. The molecule has 0 radical (unpaired) electrons. The SMILES string of the molecule is CC1C=C(c2nc(-c3cccc(-c4cccc5c6cc(-c7ccccc7)ccc6n(-c6ccccc6)c45)c3)nc3c2sc2ccccc23)C=CC1. The molecule has 0 aliphatic heterocycles. The highest BCUT2D eigenvalue weighted by molar-refractivity contribution is 7.26. The second-order valence-electron chi connectivity index (χ2n) is 13.5. The molecule has 3 nitrogen and oxygen atoms in total. The molecule has 3 heterocycles. The van der Waals surface area contributed by atoms with Crippen molar-refractivity contribution >= 4 is 59.0 Å². The van der Waals surface area contributed by atoms with Crippen molar-refractivity contribution in [3.8, 4) is 39.3 Å². The van der Waals surface area contributed by atoms with Crippen LogP contribution in [-0.4, -0.2) is 14.5 Å². The summed E-state index contributed by atoms with van der Waals surface area (Å²) in [7, 11) is 0. The van der Waals surface area contributed by atoms with Gasteiger partial charge in [0, 0.05) is 37.7 Å². The zero-order chi connectivity index (χ0) is 33.9. The summed E-state index contributed by atoms with van der Waals surface area (Å²) in [4.78, 5) is 10.6. The van der Waals surface area contributed by atoms with E-state index < -0.39 is 0 Å². The summed E-state index contributed by atoms with van der Waals surface area (Å²) >= 11 is 1.79. The summed E-state index contributed by atoms with van der Waals surface area (Å²) < 4.78 is 4.80. The Morgan fingerprint density at radius 1 is 0.627 bits per heavy atom. The normalized spacial score (nSPS) is 14.5. The molecule has 51 heavy (non-hydrogen) atoms. The van der Waals surface area contributed by atoms with E-state index in [1.807, 2.05) is 0 Å². The summed E-state index contributed by atoms with van der Waals surface area (Å²) in [6, 6.07) is 52.3. The molecule has 0 bridgehead atoms. The van der Waals surface area contributed by atoms with E-state index in [-0.39, 0.29) is 0 Å². The van der Waals surface area contributed by atoms with Crippen molar-refractivity contribution in [2.75, 3.05) is 0 Å². The third-order valence-corrected chi connectivity index (χ3v) is 11.3. The van der Waals surface area contributed by atoms with Crippen LogP contribution in [0.3, 0.4) is 0 Å². The molecule has 6 aromatic carbocycles. The van der Waals surface area contributed by atoms with Crippen molar-refractivity contribution in [2.45, 2.75) is 13.3 Å². The van der Waals surface area contributed by atoms with Gasteiger partial charge in [-0.3, -0.25) is 0 Å². The fraction of sp³-hybridized carbons (Fsp3) is 0.0638. The average molecular weight is 672 g/mol. The Labute approximate surface area is 300 Å². The molecule has 4 heteroatoms. The molecule has 9 aromatic rings. The second kappa shape index (κ2) is 12.0. The zero-order valence-electron chi connectivity index (χ0n) is 28.1. The van der Waals surface area contributed by atoms with E-state index >= 15 is 0 Å². The van der Waals surface area contributed by atoms with E-state index in [0.717, 1.165) is 45.0 Å². The van der Waals surface area contributed by atoms with E-state index in [9.17, 15) is 0 Å².